The minimum Gasteiger partial charge on any atom is -0.324 e. The molecule has 0 bridgehead atoms. The van der Waals surface area contributed by atoms with Crippen molar-refractivity contribution in [3.05, 3.63) is 29.8 Å². The van der Waals surface area contributed by atoms with Crippen LogP contribution in [0.15, 0.2) is 29.2 Å². The van der Waals surface area contributed by atoms with E-state index in [0.717, 1.165) is 5.56 Å². The van der Waals surface area contributed by atoms with Gasteiger partial charge in [-0.25, -0.2) is 8.42 Å². The number of hydrogen-bond acceptors (Lipinski definition) is 3. The fourth-order valence-corrected chi connectivity index (χ4v) is 2.05. The zero-order valence-corrected chi connectivity index (χ0v) is 11.0. The van der Waals surface area contributed by atoms with E-state index in [1.165, 1.54) is 6.26 Å². The lowest BCUT2D eigenvalue weighted by atomic mass is 9.83. The van der Waals surface area contributed by atoms with Crippen LogP contribution in [0.25, 0.3) is 0 Å². The summed E-state index contributed by atoms with van der Waals surface area (Å²) < 4.78 is 22.6. The van der Waals surface area contributed by atoms with Crippen molar-refractivity contribution in [2.24, 2.45) is 11.1 Å². The minimum atomic E-state index is -3.12. The van der Waals surface area contributed by atoms with Gasteiger partial charge in [0, 0.05) is 12.3 Å². The Morgan fingerprint density at radius 1 is 1.12 bits per heavy atom. The largest absolute Gasteiger partial charge is 0.324 e. The summed E-state index contributed by atoms with van der Waals surface area (Å²) in [7, 11) is -3.12. The molecule has 0 saturated heterocycles. The van der Waals surface area contributed by atoms with Crippen LogP contribution in [0, 0.1) is 5.41 Å². The molecule has 0 amide bonds. The van der Waals surface area contributed by atoms with Crippen LogP contribution < -0.4 is 5.73 Å². The molecule has 1 atom stereocenters. The molecule has 1 rings (SSSR count). The van der Waals surface area contributed by atoms with Gasteiger partial charge in [0.1, 0.15) is 0 Å². The van der Waals surface area contributed by atoms with Crippen LogP contribution in [0.3, 0.4) is 0 Å². The molecule has 0 saturated carbocycles. The Morgan fingerprint density at radius 3 is 1.88 bits per heavy atom. The molecule has 0 spiro atoms. The van der Waals surface area contributed by atoms with Gasteiger partial charge in [-0.05, 0) is 23.1 Å². The third-order valence-corrected chi connectivity index (χ3v) is 3.73. The molecule has 1 aromatic carbocycles. The van der Waals surface area contributed by atoms with E-state index in [-0.39, 0.29) is 11.5 Å². The Kier molecular flexibility index (Phi) is 3.45. The van der Waals surface area contributed by atoms with Crippen LogP contribution in [-0.4, -0.2) is 14.7 Å². The standard InChI is InChI=1S/C12H19NO2S/c1-12(2,3)11(13)9-5-7-10(8-6-9)16(4,14)15/h5-8,11H,13H2,1-4H3/t11-/m0/s1. The SMILES string of the molecule is CC(C)(C)[C@@H](N)c1ccc(S(C)(=O)=O)cc1. The summed E-state index contributed by atoms with van der Waals surface area (Å²) in [6, 6.07) is 6.69. The van der Waals surface area contributed by atoms with Crippen LogP contribution in [0.1, 0.15) is 32.4 Å². The van der Waals surface area contributed by atoms with Gasteiger partial charge in [0.05, 0.1) is 4.90 Å². The number of nitrogens with two attached hydrogens (primary N) is 1. The maximum absolute atomic E-state index is 11.3. The Hall–Kier alpha value is -0.870. The first-order valence-corrected chi connectivity index (χ1v) is 7.07. The zero-order chi connectivity index (χ0) is 12.6. The van der Waals surface area contributed by atoms with Gasteiger partial charge in [-0.3, -0.25) is 0 Å². The Balaban J connectivity index is 3.05. The highest BCUT2D eigenvalue weighted by molar-refractivity contribution is 7.90. The van der Waals surface area contributed by atoms with Crippen molar-refractivity contribution < 1.29 is 8.42 Å². The van der Waals surface area contributed by atoms with E-state index in [2.05, 4.69) is 20.8 Å². The first-order chi connectivity index (χ1) is 7.12. The molecule has 4 heteroatoms. The summed E-state index contributed by atoms with van der Waals surface area (Å²) in [5.41, 5.74) is 7.00. The normalized spacial score (nSPS) is 14.8. The summed E-state index contributed by atoms with van der Waals surface area (Å²) in [4.78, 5) is 0.331. The molecular formula is C12H19NO2S. The van der Waals surface area contributed by atoms with Crippen molar-refractivity contribution in [3.8, 4) is 0 Å². The summed E-state index contributed by atoms with van der Waals surface area (Å²) >= 11 is 0. The lowest BCUT2D eigenvalue weighted by Gasteiger charge is -2.27. The Morgan fingerprint density at radius 2 is 1.56 bits per heavy atom. The van der Waals surface area contributed by atoms with Gasteiger partial charge < -0.3 is 5.73 Å². The third kappa shape index (κ3) is 3.06. The van der Waals surface area contributed by atoms with E-state index >= 15 is 0 Å². The highest BCUT2D eigenvalue weighted by atomic mass is 32.2. The van der Waals surface area contributed by atoms with Gasteiger partial charge in [-0.15, -0.1) is 0 Å². The summed E-state index contributed by atoms with van der Waals surface area (Å²) in [6.07, 6.45) is 1.20. The van der Waals surface area contributed by atoms with Gasteiger partial charge in [0.15, 0.2) is 9.84 Å². The van der Waals surface area contributed by atoms with E-state index < -0.39 is 9.84 Å². The van der Waals surface area contributed by atoms with Gasteiger partial charge in [-0.1, -0.05) is 32.9 Å². The van der Waals surface area contributed by atoms with Gasteiger partial charge in [0.2, 0.25) is 0 Å². The van der Waals surface area contributed by atoms with Crippen LogP contribution >= 0.6 is 0 Å². The molecule has 90 valence electrons. The summed E-state index contributed by atoms with van der Waals surface area (Å²) in [5, 5.41) is 0. The fourth-order valence-electron chi connectivity index (χ4n) is 1.42. The fraction of sp³-hybridized carbons (Fsp3) is 0.500. The van der Waals surface area contributed by atoms with E-state index in [1.54, 1.807) is 24.3 Å². The lowest BCUT2D eigenvalue weighted by molar-refractivity contribution is 0.327. The number of hydrogen-bond donors (Lipinski definition) is 1. The second kappa shape index (κ2) is 4.18. The van der Waals surface area contributed by atoms with Crippen LogP contribution in [-0.2, 0) is 9.84 Å². The first kappa shape index (κ1) is 13.2. The second-order valence-electron chi connectivity index (χ2n) is 5.18. The molecule has 16 heavy (non-hydrogen) atoms. The average Bonchev–Trinajstić information content (AvgIpc) is 2.14. The van der Waals surface area contributed by atoms with Crippen LogP contribution in [0.5, 0.6) is 0 Å². The van der Waals surface area contributed by atoms with Gasteiger partial charge in [0.25, 0.3) is 0 Å². The van der Waals surface area contributed by atoms with Crippen LogP contribution in [0.2, 0.25) is 0 Å². The Labute approximate surface area is 97.6 Å². The molecule has 0 aliphatic heterocycles. The molecule has 0 radical (unpaired) electrons. The average molecular weight is 241 g/mol. The topological polar surface area (TPSA) is 60.2 Å². The van der Waals surface area contributed by atoms with Crippen molar-refractivity contribution in [2.45, 2.75) is 31.7 Å². The van der Waals surface area contributed by atoms with E-state index in [1.807, 2.05) is 0 Å². The Bertz CT molecular complexity index is 455. The zero-order valence-electron chi connectivity index (χ0n) is 10.2. The third-order valence-electron chi connectivity index (χ3n) is 2.60. The van der Waals surface area contributed by atoms with Crippen molar-refractivity contribution >= 4 is 9.84 Å². The highest BCUT2D eigenvalue weighted by Crippen LogP contribution is 2.30. The molecule has 1 aromatic rings. The van der Waals surface area contributed by atoms with E-state index in [0.29, 0.717) is 4.90 Å². The monoisotopic (exact) mass is 241 g/mol. The molecule has 3 nitrogen and oxygen atoms in total. The molecule has 2 N–H and O–H groups in total. The number of sulfone groups is 1. The van der Waals surface area contributed by atoms with Crippen molar-refractivity contribution in [1.29, 1.82) is 0 Å². The lowest BCUT2D eigenvalue weighted by Crippen LogP contribution is -2.26. The molecule has 0 unspecified atom stereocenters. The molecule has 0 aromatic heterocycles. The summed E-state index contributed by atoms with van der Waals surface area (Å²) in [5.74, 6) is 0. The number of benzene rings is 1. The van der Waals surface area contributed by atoms with Gasteiger partial charge >= 0.3 is 0 Å². The number of rotatable bonds is 2. The molecule has 0 fully saturated rings. The van der Waals surface area contributed by atoms with Gasteiger partial charge in [-0.2, -0.15) is 0 Å². The quantitative estimate of drug-likeness (QED) is 0.863. The van der Waals surface area contributed by atoms with E-state index in [4.69, 9.17) is 5.73 Å². The maximum atomic E-state index is 11.3. The minimum absolute atomic E-state index is 0.0351. The van der Waals surface area contributed by atoms with Crippen molar-refractivity contribution in [3.63, 3.8) is 0 Å². The van der Waals surface area contributed by atoms with Crippen LogP contribution in [0.4, 0.5) is 0 Å². The first-order valence-electron chi connectivity index (χ1n) is 5.18. The highest BCUT2D eigenvalue weighted by Gasteiger charge is 2.22. The molecule has 0 aliphatic rings. The second-order valence-corrected chi connectivity index (χ2v) is 7.20. The molecule has 0 heterocycles. The maximum Gasteiger partial charge on any atom is 0.175 e. The van der Waals surface area contributed by atoms with E-state index in [9.17, 15) is 8.42 Å². The summed E-state index contributed by atoms with van der Waals surface area (Å²) in [6.45, 7) is 6.17. The van der Waals surface area contributed by atoms with Crippen molar-refractivity contribution in [2.75, 3.05) is 6.26 Å². The molecular weight excluding hydrogens is 222 g/mol. The van der Waals surface area contributed by atoms with Crippen molar-refractivity contribution in [1.82, 2.24) is 0 Å². The molecule has 0 aliphatic carbocycles. The predicted molar refractivity (Wildman–Crippen MR) is 65.9 cm³/mol. The predicted octanol–water partition coefficient (Wildman–Crippen LogP) is 2.14. The smallest absolute Gasteiger partial charge is 0.175 e.